The van der Waals surface area contributed by atoms with E-state index in [0.29, 0.717) is 36.9 Å². The summed E-state index contributed by atoms with van der Waals surface area (Å²) in [6, 6.07) is 10.9. The van der Waals surface area contributed by atoms with E-state index in [2.05, 4.69) is 9.47 Å². The van der Waals surface area contributed by atoms with E-state index in [4.69, 9.17) is 9.47 Å². The van der Waals surface area contributed by atoms with Crippen LogP contribution in [0.5, 0.6) is 5.75 Å². The molecule has 0 unspecified atom stereocenters. The van der Waals surface area contributed by atoms with E-state index in [1.54, 1.807) is 13.1 Å². The number of hydrogen-bond donors (Lipinski definition) is 0. The topological polar surface area (TPSA) is 60.8 Å². The highest BCUT2D eigenvalue weighted by Gasteiger charge is 2.48. The third kappa shape index (κ3) is 3.15. The molecule has 1 aromatic heterocycles. The fraction of sp³-hybridized carbons (Fsp3) is 0.478. The molecule has 3 aliphatic rings. The van der Waals surface area contributed by atoms with Gasteiger partial charge in [-0.3, -0.25) is 9.69 Å². The first-order chi connectivity index (χ1) is 14.2. The summed E-state index contributed by atoms with van der Waals surface area (Å²) < 4.78 is 13.3. The second-order valence-electron chi connectivity index (χ2n) is 8.26. The number of ether oxygens (including phenoxy) is 2. The Bertz CT molecular complexity index is 984. The zero-order valence-electron chi connectivity index (χ0n) is 16.7. The average molecular weight is 394 g/mol. The summed E-state index contributed by atoms with van der Waals surface area (Å²) >= 11 is 0. The highest BCUT2D eigenvalue weighted by Crippen LogP contribution is 2.46. The van der Waals surface area contributed by atoms with Gasteiger partial charge in [0, 0.05) is 31.4 Å². The predicted octanol–water partition coefficient (Wildman–Crippen LogP) is 2.97. The van der Waals surface area contributed by atoms with Gasteiger partial charge in [-0.05, 0) is 37.7 Å². The minimum atomic E-state index is -0.576. The molecule has 0 spiro atoms. The summed E-state index contributed by atoms with van der Waals surface area (Å²) in [5.41, 5.74) is 1.56. The van der Waals surface area contributed by atoms with Crippen LogP contribution in [0, 0.1) is 5.92 Å². The summed E-state index contributed by atoms with van der Waals surface area (Å²) in [5.74, 6) is 0.431. The first kappa shape index (κ1) is 18.4. The van der Waals surface area contributed by atoms with Crippen molar-refractivity contribution in [3.8, 4) is 5.75 Å². The summed E-state index contributed by atoms with van der Waals surface area (Å²) in [5, 5.41) is 0. The van der Waals surface area contributed by atoms with Crippen molar-refractivity contribution < 1.29 is 14.3 Å². The van der Waals surface area contributed by atoms with Gasteiger partial charge in [0.05, 0.1) is 12.3 Å². The van der Waals surface area contributed by atoms with Crippen molar-refractivity contribution in [1.29, 1.82) is 0 Å². The zero-order chi connectivity index (χ0) is 20.0. The molecule has 6 heteroatoms. The van der Waals surface area contributed by atoms with Crippen molar-refractivity contribution in [3.05, 3.63) is 63.6 Å². The van der Waals surface area contributed by atoms with Crippen LogP contribution in [0.1, 0.15) is 47.8 Å². The number of carbonyl (C=O) groups is 1. The fourth-order valence-corrected chi connectivity index (χ4v) is 5.29. The Morgan fingerprint density at radius 3 is 2.83 bits per heavy atom. The largest absolute Gasteiger partial charge is 0.483 e. The Morgan fingerprint density at radius 1 is 1.21 bits per heavy atom. The molecule has 1 aromatic carbocycles. The van der Waals surface area contributed by atoms with Crippen molar-refractivity contribution in [2.75, 3.05) is 6.61 Å². The van der Waals surface area contributed by atoms with Gasteiger partial charge in [0.25, 0.3) is 0 Å². The third-order valence-corrected chi connectivity index (χ3v) is 6.67. The van der Waals surface area contributed by atoms with Gasteiger partial charge >= 0.3 is 5.97 Å². The number of aromatic nitrogens is 1. The molecule has 0 N–H and O–H groups in total. The quantitative estimate of drug-likeness (QED) is 0.730. The molecule has 1 aliphatic carbocycles. The first-order valence-electron chi connectivity index (χ1n) is 10.5. The maximum absolute atomic E-state index is 13.2. The maximum Gasteiger partial charge on any atom is 0.343 e. The van der Waals surface area contributed by atoms with Crippen molar-refractivity contribution in [3.63, 3.8) is 0 Å². The highest BCUT2D eigenvalue weighted by molar-refractivity contribution is 5.89. The summed E-state index contributed by atoms with van der Waals surface area (Å²) in [7, 11) is 0. The molecule has 3 atom stereocenters. The minimum absolute atomic E-state index is 0.0651. The van der Waals surface area contributed by atoms with E-state index in [-0.39, 0.29) is 17.6 Å². The Hall–Kier alpha value is -2.60. The number of esters is 1. The molecule has 152 valence electrons. The standard InChI is InChI=1S/C23H26N2O4/c1-2-28-23(27)18-11-24-12-19-16-8-9-17(10-16)25(19)13-20(24)22(21(18)26)29-14-15-6-4-3-5-7-15/h3-7,11,16-17,19H,2,8-10,12-14H2,1H3/t16-,17+,19+/m0/s1. The van der Waals surface area contributed by atoms with Crippen LogP contribution in [0.4, 0.5) is 0 Å². The van der Waals surface area contributed by atoms with Gasteiger partial charge in [0.2, 0.25) is 5.43 Å². The van der Waals surface area contributed by atoms with Gasteiger partial charge in [-0.15, -0.1) is 0 Å². The lowest BCUT2D eigenvalue weighted by Crippen LogP contribution is -2.48. The Balaban J connectivity index is 1.53. The highest BCUT2D eigenvalue weighted by atomic mass is 16.5. The fourth-order valence-electron chi connectivity index (χ4n) is 5.29. The Kier molecular flexibility index (Phi) is 4.66. The second-order valence-corrected chi connectivity index (χ2v) is 8.26. The monoisotopic (exact) mass is 394 g/mol. The lowest BCUT2D eigenvalue weighted by molar-refractivity contribution is 0.0519. The normalized spacial score (nSPS) is 24.8. The van der Waals surface area contributed by atoms with Gasteiger partial charge in [0.15, 0.2) is 5.75 Å². The van der Waals surface area contributed by atoms with Gasteiger partial charge in [-0.2, -0.15) is 0 Å². The van der Waals surface area contributed by atoms with E-state index in [1.165, 1.54) is 19.3 Å². The zero-order valence-corrected chi connectivity index (χ0v) is 16.7. The molecule has 2 aromatic rings. The molecule has 0 amide bonds. The van der Waals surface area contributed by atoms with Crippen LogP contribution in [0.25, 0.3) is 0 Å². The molecule has 1 saturated carbocycles. The molecule has 29 heavy (non-hydrogen) atoms. The molecule has 1 saturated heterocycles. The van der Waals surface area contributed by atoms with E-state index < -0.39 is 5.97 Å². The number of nitrogens with zero attached hydrogens (tertiary/aromatic N) is 2. The predicted molar refractivity (Wildman–Crippen MR) is 108 cm³/mol. The Morgan fingerprint density at radius 2 is 2.03 bits per heavy atom. The van der Waals surface area contributed by atoms with Crippen LogP contribution in [0.3, 0.4) is 0 Å². The van der Waals surface area contributed by atoms with E-state index in [1.807, 2.05) is 30.3 Å². The number of fused-ring (bicyclic) bond motifs is 6. The van der Waals surface area contributed by atoms with Crippen molar-refractivity contribution in [2.24, 2.45) is 5.92 Å². The van der Waals surface area contributed by atoms with E-state index >= 15 is 0 Å². The van der Waals surface area contributed by atoms with Crippen LogP contribution in [0.2, 0.25) is 0 Å². The van der Waals surface area contributed by atoms with Crippen molar-refractivity contribution in [2.45, 2.75) is 58.0 Å². The molecular formula is C23H26N2O4. The van der Waals surface area contributed by atoms with Crippen LogP contribution in [0.15, 0.2) is 41.3 Å². The lowest BCUT2D eigenvalue weighted by Gasteiger charge is -2.41. The van der Waals surface area contributed by atoms with Gasteiger partial charge in [-0.1, -0.05) is 30.3 Å². The molecule has 2 fully saturated rings. The summed E-state index contributed by atoms with van der Waals surface area (Å²) in [4.78, 5) is 28.1. The molecular weight excluding hydrogens is 368 g/mol. The molecule has 2 bridgehead atoms. The number of piperidine rings is 1. The molecule has 0 radical (unpaired) electrons. The maximum atomic E-state index is 13.2. The summed E-state index contributed by atoms with van der Waals surface area (Å²) in [6.07, 6.45) is 5.46. The lowest BCUT2D eigenvalue weighted by atomic mass is 9.96. The second kappa shape index (κ2) is 7.34. The van der Waals surface area contributed by atoms with Crippen LogP contribution >= 0.6 is 0 Å². The number of pyridine rings is 1. The van der Waals surface area contributed by atoms with Crippen LogP contribution < -0.4 is 10.2 Å². The van der Waals surface area contributed by atoms with Crippen LogP contribution in [-0.4, -0.2) is 34.1 Å². The third-order valence-electron chi connectivity index (χ3n) is 6.67. The molecule has 5 rings (SSSR count). The van der Waals surface area contributed by atoms with Crippen LogP contribution in [-0.2, 0) is 24.4 Å². The SMILES string of the molecule is CCOC(=O)c1cn2c(c(OCc3ccccc3)c1=O)CN1[C@@H]3CC[C@@H](C3)[C@H]1C2. The van der Waals surface area contributed by atoms with Gasteiger partial charge in [-0.25, -0.2) is 4.79 Å². The summed E-state index contributed by atoms with van der Waals surface area (Å²) in [6.45, 7) is 3.78. The number of rotatable bonds is 5. The van der Waals surface area contributed by atoms with Crippen molar-refractivity contribution >= 4 is 5.97 Å². The van der Waals surface area contributed by atoms with E-state index in [0.717, 1.165) is 17.8 Å². The first-order valence-corrected chi connectivity index (χ1v) is 10.5. The molecule has 2 aliphatic heterocycles. The Labute approximate surface area is 170 Å². The number of benzene rings is 1. The van der Waals surface area contributed by atoms with Gasteiger partial charge < -0.3 is 14.0 Å². The molecule has 3 heterocycles. The van der Waals surface area contributed by atoms with Crippen molar-refractivity contribution in [1.82, 2.24) is 9.47 Å². The number of hydrogen-bond acceptors (Lipinski definition) is 5. The average Bonchev–Trinajstić information content (AvgIpc) is 3.35. The minimum Gasteiger partial charge on any atom is -0.483 e. The molecule has 6 nitrogen and oxygen atoms in total. The van der Waals surface area contributed by atoms with E-state index in [9.17, 15) is 9.59 Å². The number of carbonyl (C=O) groups excluding carboxylic acids is 1. The van der Waals surface area contributed by atoms with Gasteiger partial charge in [0.1, 0.15) is 12.2 Å². The smallest absolute Gasteiger partial charge is 0.343 e.